The van der Waals surface area contributed by atoms with Crippen LogP contribution in [0.3, 0.4) is 0 Å². The smallest absolute Gasteiger partial charge is 0.243 e. The Morgan fingerprint density at radius 1 is 1.22 bits per heavy atom. The fourth-order valence-corrected chi connectivity index (χ4v) is 3.10. The lowest BCUT2D eigenvalue weighted by molar-refractivity contribution is -0.122. The number of carbonyl (C=O) groups is 1. The fourth-order valence-electron chi connectivity index (χ4n) is 3.10. The van der Waals surface area contributed by atoms with Gasteiger partial charge in [-0.15, -0.1) is 0 Å². The third kappa shape index (κ3) is 2.50. The van der Waals surface area contributed by atoms with E-state index in [0.717, 1.165) is 24.9 Å². The van der Waals surface area contributed by atoms with Crippen molar-refractivity contribution in [2.24, 2.45) is 11.0 Å². The maximum Gasteiger partial charge on any atom is 0.243 e. The minimum absolute atomic E-state index is 0.0323. The maximum atomic E-state index is 11.6. The summed E-state index contributed by atoms with van der Waals surface area (Å²) in [4.78, 5) is 11.6. The number of aryl methyl sites for hydroxylation is 1. The number of fused-ring (bicyclic) bond motifs is 3. The highest BCUT2D eigenvalue weighted by Crippen LogP contribution is 2.30. The van der Waals surface area contributed by atoms with Crippen molar-refractivity contribution in [1.82, 2.24) is 9.99 Å². The molecule has 23 heavy (non-hydrogen) atoms. The van der Waals surface area contributed by atoms with Gasteiger partial charge in [0.2, 0.25) is 5.91 Å². The molecule has 0 bridgehead atoms. The first-order valence-electron chi connectivity index (χ1n) is 8.12. The van der Waals surface area contributed by atoms with Crippen LogP contribution < -0.4 is 5.43 Å². The lowest BCUT2D eigenvalue weighted by Gasteiger charge is -2.02. The zero-order chi connectivity index (χ0) is 15.8. The predicted molar refractivity (Wildman–Crippen MR) is 93.6 cm³/mol. The quantitative estimate of drug-likeness (QED) is 0.580. The molecule has 116 valence electrons. The Morgan fingerprint density at radius 2 is 2.00 bits per heavy atom. The van der Waals surface area contributed by atoms with Gasteiger partial charge in [0.05, 0.1) is 6.21 Å². The second-order valence-electron chi connectivity index (χ2n) is 6.05. The van der Waals surface area contributed by atoms with Crippen LogP contribution in [0, 0.1) is 5.92 Å². The maximum absolute atomic E-state index is 11.6. The largest absolute Gasteiger partial charge is 0.341 e. The number of rotatable bonds is 4. The van der Waals surface area contributed by atoms with Crippen molar-refractivity contribution < 1.29 is 4.79 Å². The lowest BCUT2D eigenvalue weighted by atomic mass is 10.1. The summed E-state index contributed by atoms with van der Waals surface area (Å²) in [5, 5.41) is 6.56. The number of hydrogen-bond donors (Lipinski definition) is 1. The molecule has 4 heteroatoms. The standard InChI is InChI=1S/C19H19N3O/c1-2-22-17-6-4-3-5-15(17)16-11-13(7-10-18(16)22)12-20-21-19(23)14-8-9-14/h3-7,10-12,14H,2,8-9H2,1H3,(H,21,23). The monoisotopic (exact) mass is 305 g/mol. The Labute approximate surface area is 134 Å². The van der Waals surface area contributed by atoms with E-state index in [-0.39, 0.29) is 11.8 Å². The van der Waals surface area contributed by atoms with Gasteiger partial charge in [-0.1, -0.05) is 24.3 Å². The van der Waals surface area contributed by atoms with Crippen LogP contribution in [0.1, 0.15) is 25.3 Å². The van der Waals surface area contributed by atoms with E-state index < -0.39 is 0 Å². The number of benzene rings is 2. The van der Waals surface area contributed by atoms with Gasteiger partial charge in [-0.3, -0.25) is 4.79 Å². The SMILES string of the molecule is CCn1c2ccccc2c2cc(C=NNC(=O)C3CC3)ccc21. The van der Waals surface area contributed by atoms with E-state index in [1.165, 1.54) is 21.8 Å². The Hall–Kier alpha value is -2.62. The van der Waals surface area contributed by atoms with E-state index in [1.54, 1.807) is 6.21 Å². The fraction of sp³-hybridized carbons (Fsp3) is 0.263. The molecule has 0 atom stereocenters. The van der Waals surface area contributed by atoms with Crippen LogP contribution in [0.4, 0.5) is 0 Å². The van der Waals surface area contributed by atoms with E-state index in [9.17, 15) is 4.79 Å². The molecular formula is C19H19N3O. The van der Waals surface area contributed by atoms with Crippen LogP contribution in [0.2, 0.25) is 0 Å². The van der Waals surface area contributed by atoms with E-state index in [4.69, 9.17) is 0 Å². The summed E-state index contributed by atoms with van der Waals surface area (Å²) in [6.45, 7) is 3.10. The lowest BCUT2D eigenvalue weighted by Crippen LogP contribution is -2.18. The van der Waals surface area contributed by atoms with Crippen LogP contribution in [-0.4, -0.2) is 16.7 Å². The summed E-state index contributed by atoms with van der Waals surface area (Å²) in [5.41, 5.74) is 6.09. The summed E-state index contributed by atoms with van der Waals surface area (Å²) >= 11 is 0. The van der Waals surface area contributed by atoms with Crippen molar-refractivity contribution in [3.05, 3.63) is 48.0 Å². The minimum Gasteiger partial charge on any atom is -0.341 e. The zero-order valence-corrected chi connectivity index (χ0v) is 13.1. The zero-order valence-electron chi connectivity index (χ0n) is 13.1. The van der Waals surface area contributed by atoms with Gasteiger partial charge in [0, 0.05) is 34.3 Å². The number of aromatic nitrogens is 1. The molecule has 1 saturated carbocycles. The van der Waals surface area contributed by atoms with Crippen molar-refractivity contribution in [3.63, 3.8) is 0 Å². The number of hydrogen-bond acceptors (Lipinski definition) is 2. The summed E-state index contributed by atoms with van der Waals surface area (Å²) in [6, 6.07) is 14.8. The summed E-state index contributed by atoms with van der Waals surface area (Å²) in [7, 11) is 0. The second-order valence-corrected chi connectivity index (χ2v) is 6.05. The summed E-state index contributed by atoms with van der Waals surface area (Å²) in [6.07, 6.45) is 3.70. The van der Waals surface area contributed by atoms with Gasteiger partial charge in [-0.2, -0.15) is 5.10 Å². The topological polar surface area (TPSA) is 46.4 Å². The molecule has 1 heterocycles. The number of carbonyl (C=O) groups excluding carboxylic acids is 1. The van der Waals surface area contributed by atoms with Crippen molar-refractivity contribution >= 4 is 33.9 Å². The number of nitrogens with one attached hydrogen (secondary N) is 1. The molecule has 0 saturated heterocycles. The first-order chi connectivity index (χ1) is 11.3. The average Bonchev–Trinajstić information content (AvgIpc) is 3.38. The van der Waals surface area contributed by atoms with Crippen molar-refractivity contribution in [3.8, 4) is 0 Å². The molecule has 1 N–H and O–H groups in total. The van der Waals surface area contributed by atoms with Crippen molar-refractivity contribution in [2.75, 3.05) is 0 Å². The highest BCUT2D eigenvalue weighted by atomic mass is 16.2. The molecular weight excluding hydrogens is 286 g/mol. The molecule has 1 aliphatic carbocycles. The van der Waals surface area contributed by atoms with Crippen LogP contribution in [-0.2, 0) is 11.3 Å². The van der Waals surface area contributed by atoms with Gasteiger partial charge in [0.25, 0.3) is 0 Å². The van der Waals surface area contributed by atoms with Crippen molar-refractivity contribution in [1.29, 1.82) is 0 Å². The molecule has 1 aromatic heterocycles. The summed E-state index contributed by atoms with van der Waals surface area (Å²) < 4.78 is 2.32. The van der Waals surface area contributed by atoms with Crippen LogP contribution in [0.5, 0.6) is 0 Å². The first-order valence-corrected chi connectivity index (χ1v) is 8.12. The van der Waals surface area contributed by atoms with Crippen LogP contribution in [0.15, 0.2) is 47.6 Å². The first kappa shape index (κ1) is 14.0. The number of nitrogens with zero attached hydrogens (tertiary/aromatic N) is 2. The Bertz CT molecular complexity index is 919. The minimum atomic E-state index is 0.0323. The number of hydrazone groups is 1. The molecule has 3 aromatic rings. The second kappa shape index (κ2) is 5.54. The molecule has 1 fully saturated rings. The Balaban J connectivity index is 1.71. The van der Waals surface area contributed by atoms with E-state index in [2.05, 4.69) is 58.4 Å². The Morgan fingerprint density at radius 3 is 2.78 bits per heavy atom. The van der Waals surface area contributed by atoms with Gasteiger partial charge in [-0.05, 0) is 43.5 Å². The molecule has 4 nitrogen and oxygen atoms in total. The highest BCUT2D eigenvalue weighted by Gasteiger charge is 2.29. The van der Waals surface area contributed by atoms with Gasteiger partial charge in [-0.25, -0.2) is 5.43 Å². The van der Waals surface area contributed by atoms with E-state index in [1.807, 2.05) is 6.07 Å². The van der Waals surface area contributed by atoms with Crippen LogP contribution >= 0.6 is 0 Å². The normalized spacial score (nSPS) is 14.8. The molecule has 0 aliphatic heterocycles. The van der Waals surface area contributed by atoms with Gasteiger partial charge >= 0.3 is 0 Å². The number of para-hydroxylation sites is 1. The summed E-state index contributed by atoms with van der Waals surface area (Å²) in [5.74, 6) is 0.210. The third-order valence-corrected chi connectivity index (χ3v) is 4.45. The van der Waals surface area contributed by atoms with Gasteiger partial charge in [0.15, 0.2) is 0 Å². The molecule has 2 aromatic carbocycles. The molecule has 0 spiro atoms. The molecule has 1 aliphatic rings. The van der Waals surface area contributed by atoms with E-state index >= 15 is 0 Å². The molecule has 0 radical (unpaired) electrons. The number of amides is 1. The Kier molecular flexibility index (Phi) is 3.37. The average molecular weight is 305 g/mol. The molecule has 0 unspecified atom stereocenters. The van der Waals surface area contributed by atoms with Gasteiger partial charge in [0.1, 0.15) is 0 Å². The van der Waals surface area contributed by atoms with Crippen molar-refractivity contribution in [2.45, 2.75) is 26.3 Å². The predicted octanol–water partition coefficient (Wildman–Crippen LogP) is 3.67. The highest BCUT2D eigenvalue weighted by molar-refractivity contribution is 6.09. The van der Waals surface area contributed by atoms with Crippen LogP contribution in [0.25, 0.3) is 21.8 Å². The molecule has 1 amide bonds. The van der Waals surface area contributed by atoms with Gasteiger partial charge < -0.3 is 4.57 Å². The third-order valence-electron chi connectivity index (χ3n) is 4.45. The van der Waals surface area contributed by atoms with E-state index in [0.29, 0.717) is 0 Å². The molecule has 4 rings (SSSR count).